The molecule has 3 rings (SSSR count). The predicted molar refractivity (Wildman–Crippen MR) is 65.9 cm³/mol. The van der Waals surface area contributed by atoms with Crippen molar-refractivity contribution in [1.29, 1.82) is 0 Å². The van der Waals surface area contributed by atoms with Crippen LogP contribution in [0.3, 0.4) is 0 Å². The molecule has 1 saturated heterocycles. The van der Waals surface area contributed by atoms with E-state index < -0.39 is 0 Å². The molecule has 1 aromatic heterocycles. The van der Waals surface area contributed by atoms with Gasteiger partial charge in [0.2, 0.25) is 5.13 Å². The lowest BCUT2D eigenvalue weighted by Crippen LogP contribution is -2.40. The molecule has 0 radical (unpaired) electrons. The second-order valence-corrected chi connectivity index (χ2v) is 5.67. The molecule has 4 nitrogen and oxygen atoms in total. The highest BCUT2D eigenvalue weighted by atomic mass is 32.1. The summed E-state index contributed by atoms with van der Waals surface area (Å²) >= 11 is 1.65. The Balaban J connectivity index is 1.52. The third-order valence-corrected chi connectivity index (χ3v) is 4.16. The molecule has 2 aliphatic rings. The quantitative estimate of drug-likeness (QED) is 0.863. The van der Waals surface area contributed by atoms with Crippen LogP contribution < -0.4 is 10.2 Å². The minimum absolute atomic E-state index is 0.790. The van der Waals surface area contributed by atoms with Gasteiger partial charge in [0.05, 0.1) is 0 Å². The van der Waals surface area contributed by atoms with Gasteiger partial charge in [-0.3, -0.25) is 0 Å². The number of hydrogen-bond acceptors (Lipinski definition) is 5. The highest BCUT2D eigenvalue weighted by Gasteiger charge is 2.25. The number of piperidine rings is 1. The maximum absolute atomic E-state index is 4.16. The minimum atomic E-state index is 0.790. The third kappa shape index (κ3) is 2.52. The van der Waals surface area contributed by atoms with Crippen molar-refractivity contribution in [2.75, 3.05) is 24.5 Å². The number of hydrogen-bond donors (Lipinski definition) is 1. The molecule has 88 valence electrons. The van der Waals surface area contributed by atoms with Crippen LogP contribution in [0.1, 0.15) is 25.7 Å². The summed E-state index contributed by atoms with van der Waals surface area (Å²) in [5.41, 5.74) is 1.82. The molecule has 2 heterocycles. The zero-order valence-electron chi connectivity index (χ0n) is 9.43. The van der Waals surface area contributed by atoms with E-state index in [1.807, 2.05) is 5.51 Å². The normalized spacial score (nSPS) is 26.0. The van der Waals surface area contributed by atoms with Gasteiger partial charge >= 0.3 is 0 Å². The number of aromatic nitrogens is 2. The first kappa shape index (κ1) is 10.5. The van der Waals surface area contributed by atoms with Gasteiger partial charge < -0.3 is 10.2 Å². The maximum atomic E-state index is 4.16. The number of nitrogens with one attached hydrogen (secondary N) is 1. The van der Waals surface area contributed by atoms with Crippen molar-refractivity contribution in [2.24, 2.45) is 5.92 Å². The van der Waals surface area contributed by atoms with Gasteiger partial charge in [-0.05, 0) is 38.1 Å². The summed E-state index contributed by atoms with van der Waals surface area (Å²) in [5.74, 6) is 0.790. The molecule has 5 heteroatoms. The zero-order valence-corrected chi connectivity index (χ0v) is 10.2. The molecule has 1 unspecified atom stereocenters. The molecule has 1 aromatic rings. The van der Waals surface area contributed by atoms with Crippen molar-refractivity contribution in [3.05, 3.63) is 5.51 Å². The van der Waals surface area contributed by atoms with Crippen LogP contribution in [0, 0.1) is 5.92 Å². The molecular weight excluding hydrogens is 220 g/mol. The second-order valence-electron chi connectivity index (χ2n) is 4.86. The zero-order chi connectivity index (χ0) is 10.8. The standard InChI is InChI=1S/C11H18N4S/c1-2-9(6-12-10-3-4-10)7-15(5-1)11-14-13-8-16-11/h8-10,12H,1-7H2. The Labute approximate surface area is 100 Å². The van der Waals surface area contributed by atoms with Crippen LogP contribution in [0.25, 0.3) is 0 Å². The van der Waals surface area contributed by atoms with Crippen LogP contribution in [0.5, 0.6) is 0 Å². The average molecular weight is 238 g/mol. The van der Waals surface area contributed by atoms with E-state index in [-0.39, 0.29) is 0 Å². The second kappa shape index (κ2) is 4.67. The van der Waals surface area contributed by atoms with E-state index >= 15 is 0 Å². The van der Waals surface area contributed by atoms with Crippen molar-refractivity contribution >= 4 is 16.5 Å². The van der Waals surface area contributed by atoms with Gasteiger partial charge in [0.1, 0.15) is 5.51 Å². The van der Waals surface area contributed by atoms with E-state index in [2.05, 4.69) is 20.4 Å². The topological polar surface area (TPSA) is 41.1 Å². The summed E-state index contributed by atoms with van der Waals surface area (Å²) in [5, 5.41) is 12.8. The van der Waals surface area contributed by atoms with Gasteiger partial charge in [-0.1, -0.05) is 11.3 Å². The Morgan fingerprint density at radius 2 is 2.38 bits per heavy atom. The minimum Gasteiger partial charge on any atom is -0.346 e. The third-order valence-electron chi connectivity index (χ3n) is 3.41. The molecule has 16 heavy (non-hydrogen) atoms. The van der Waals surface area contributed by atoms with E-state index in [1.54, 1.807) is 11.3 Å². The van der Waals surface area contributed by atoms with Crippen molar-refractivity contribution < 1.29 is 0 Å². The Bertz CT molecular complexity index is 323. The Kier molecular flexibility index (Phi) is 3.06. The molecule has 1 atom stereocenters. The van der Waals surface area contributed by atoms with E-state index in [9.17, 15) is 0 Å². The molecule has 1 aliphatic heterocycles. The van der Waals surface area contributed by atoms with Gasteiger partial charge in [0.15, 0.2) is 0 Å². The lowest BCUT2D eigenvalue weighted by Gasteiger charge is -2.32. The van der Waals surface area contributed by atoms with Gasteiger partial charge in [0, 0.05) is 19.1 Å². The lowest BCUT2D eigenvalue weighted by molar-refractivity contribution is 0.390. The lowest BCUT2D eigenvalue weighted by atomic mass is 9.98. The van der Waals surface area contributed by atoms with E-state index in [0.717, 1.165) is 30.2 Å². The first-order valence-corrected chi connectivity index (χ1v) is 7.04. The molecule has 0 bridgehead atoms. The van der Waals surface area contributed by atoms with E-state index in [4.69, 9.17) is 0 Å². The van der Waals surface area contributed by atoms with Gasteiger partial charge in [-0.15, -0.1) is 10.2 Å². The van der Waals surface area contributed by atoms with Crippen molar-refractivity contribution in [1.82, 2.24) is 15.5 Å². The summed E-state index contributed by atoms with van der Waals surface area (Å²) in [7, 11) is 0. The fourth-order valence-electron chi connectivity index (χ4n) is 2.33. The smallest absolute Gasteiger partial charge is 0.208 e. The number of rotatable bonds is 4. The molecule has 0 aromatic carbocycles. The fourth-order valence-corrected chi connectivity index (χ4v) is 2.93. The van der Waals surface area contributed by atoms with Gasteiger partial charge in [-0.2, -0.15) is 0 Å². The number of nitrogens with zero attached hydrogens (tertiary/aromatic N) is 3. The van der Waals surface area contributed by atoms with Crippen LogP contribution >= 0.6 is 11.3 Å². The van der Waals surface area contributed by atoms with Crippen LogP contribution in [0.4, 0.5) is 5.13 Å². The SMILES string of the molecule is c1nnc(N2CCCC(CNC3CC3)C2)s1. The first-order valence-electron chi connectivity index (χ1n) is 6.16. The summed E-state index contributed by atoms with van der Waals surface area (Å²) < 4.78 is 0. The van der Waals surface area contributed by atoms with Crippen molar-refractivity contribution in [3.63, 3.8) is 0 Å². The van der Waals surface area contributed by atoms with Crippen LogP contribution in [0.15, 0.2) is 5.51 Å². The van der Waals surface area contributed by atoms with Crippen LogP contribution in [-0.4, -0.2) is 35.9 Å². The summed E-state index contributed by atoms with van der Waals surface area (Å²) in [4.78, 5) is 2.39. The van der Waals surface area contributed by atoms with E-state index in [1.165, 1.54) is 32.2 Å². The highest BCUT2D eigenvalue weighted by molar-refractivity contribution is 7.13. The molecule has 1 N–H and O–H groups in total. The highest BCUT2D eigenvalue weighted by Crippen LogP contribution is 2.25. The van der Waals surface area contributed by atoms with Crippen molar-refractivity contribution in [3.8, 4) is 0 Å². The van der Waals surface area contributed by atoms with E-state index in [0.29, 0.717) is 0 Å². The van der Waals surface area contributed by atoms with Gasteiger partial charge in [-0.25, -0.2) is 0 Å². The first-order chi connectivity index (χ1) is 7.92. The van der Waals surface area contributed by atoms with Crippen LogP contribution in [-0.2, 0) is 0 Å². The Morgan fingerprint density at radius 3 is 3.12 bits per heavy atom. The maximum Gasteiger partial charge on any atom is 0.208 e. The van der Waals surface area contributed by atoms with Gasteiger partial charge in [0.25, 0.3) is 0 Å². The molecule has 0 amide bonds. The average Bonchev–Trinajstić information content (AvgIpc) is 2.99. The summed E-state index contributed by atoms with van der Waals surface area (Å²) in [6, 6.07) is 0.830. The molecular formula is C11H18N4S. The van der Waals surface area contributed by atoms with Crippen molar-refractivity contribution in [2.45, 2.75) is 31.7 Å². The summed E-state index contributed by atoms with van der Waals surface area (Å²) in [6.07, 6.45) is 5.41. The Hall–Kier alpha value is -0.680. The monoisotopic (exact) mass is 238 g/mol. The molecule has 1 saturated carbocycles. The predicted octanol–water partition coefficient (Wildman–Crippen LogP) is 1.51. The molecule has 2 fully saturated rings. The fraction of sp³-hybridized carbons (Fsp3) is 0.818. The Morgan fingerprint density at radius 1 is 1.44 bits per heavy atom. The molecule has 0 spiro atoms. The number of anilines is 1. The summed E-state index contributed by atoms with van der Waals surface area (Å²) in [6.45, 7) is 3.48. The largest absolute Gasteiger partial charge is 0.346 e. The molecule has 1 aliphatic carbocycles. The van der Waals surface area contributed by atoms with Crippen LogP contribution in [0.2, 0.25) is 0 Å².